The third kappa shape index (κ3) is 2.49. The van der Waals surface area contributed by atoms with Crippen LogP contribution in [0.5, 0.6) is 0 Å². The van der Waals surface area contributed by atoms with Gasteiger partial charge in [0.05, 0.1) is 16.6 Å². The number of aromatic amines is 1. The normalized spacial score (nSPS) is 24.0. The third-order valence-corrected chi connectivity index (χ3v) is 7.40. The topological polar surface area (TPSA) is 70.2 Å². The van der Waals surface area contributed by atoms with Crippen LogP contribution < -0.4 is 9.77 Å². The van der Waals surface area contributed by atoms with E-state index in [0.29, 0.717) is 10.7 Å². The van der Waals surface area contributed by atoms with Gasteiger partial charge in [-0.05, 0) is 17.7 Å². The SMILES string of the molecule is O=C1C2Sc3[nH]c(=O)sc3[C@H](c3ccccc3)C2C(=O)N1c1ccccc1. The average molecular weight is 394 g/mol. The summed E-state index contributed by atoms with van der Waals surface area (Å²) >= 11 is 2.43. The lowest BCUT2D eigenvalue weighted by atomic mass is 9.83. The van der Waals surface area contributed by atoms with Crippen molar-refractivity contribution in [1.29, 1.82) is 0 Å². The zero-order valence-electron chi connectivity index (χ0n) is 14.0. The molecule has 2 unspecified atom stereocenters. The monoisotopic (exact) mass is 394 g/mol. The predicted octanol–water partition coefficient (Wildman–Crippen LogP) is 3.23. The van der Waals surface area contributed by atoms with Crippen LogP contribution in [0.4, 0.5) is 5.69 Å². The van der Waals surface area contributed by atoms with Crippen LogP contribution in [-0.4, -0.2) is 22.0 Å². The summed E-state index contributed by atoms with van der Waals surface area (Å²) < 4.78 is 0. The quantitative estimate of drug-likeness (QED) is 0.678. The lowest BCUT2D eigenvalue weighted by Crippen LogP contribution is -2.32. The number of H-pyrrole nitrogens is 1. The van der Waals surface area contributed by atoms with Gasteiger partial charge in [0.25, 0.3) is 0 Å². The molecule has 0 saturated carbocycles. The summed E-state index contributed by atoms with van der Waals surface area (Å²) in [6.07, 6.45) is 0. The highest BCUT2D eigenvalue weighted by Crippen LogP contribution is 2.52. The molecule has 5 rings (SSSR count). The zero-order chi connectivity index (χ0) is 18.5. The summed E-state index contributed by atoms with van der Waals surface area (Å²) in [6, 6.07) is 18.7. The lowest BCUT2D eigenvalue weighted by Gasteiger charge is -2.29. The fourth-order valence-corrected chi connectivity index (χ4v) is 6.38. The molecule has 2 aliphatic heterocycles. The number of thiazole rings is 1. The van der Waals surface area contributed by atoms with E-state index >= 15 is 0 Å². The number of anilines is 1. The Morgan fingerprint density at radius 3 is 2.22 bits per heavy atom. The van der Waals surface area contributed by atoms with Crippen LogP contribution in [0.3, 0.4) is 0 Å². The Labute approximate surface area is 163 Å². The number of benzene rings is 2. The van der Waals surface area contributed by atoms with Crippen LogP contribution in [0, 0.1) is 5.92 Å². The highest BCUT2D eigenvalue weighted by molar-refractivity contribution is 8.00. The minimum Gasteiger partial charge on any atom is -0.307 e. The maximum absolute atomic E-state index is 13.4. The van der Waals surface area contributed by atoms with Gasteiger partial charge < -0.3 is 4.98 Å². The van der Waals surface area contributed by atoms with Crippen molar-refractivity contribution >= 4 is 40.6 Å². The number of carbonyl (C=O) groups is 2. The number of imide groups is 1. The van der Waals surface area contributed by atoms with E-state index in [1.165, 1.54) is 16.7 Å². The second-order valence-electron chi connectivity index (χ2n) is 6.51. The number of nitrogens with one attached hydrogen (secondary N) is 1. The first-order valence-corrected chi connectivity index (χ1v) is 10.2. The molecule has 5 nitrogen and oxygen atoms in total. The maximum atomic E-state index is 13.4. The third-order valence-electron chi connectivity index (χ3n) is 5.00. The largest absolute Gasteiger partial charge is 0.307 e. The summed E-state index contributed by atoms with van der Waals surface area (Å²) in [4.78, 5) is 43.3. The molecule has 0 spiro atoms. The molecule has 1 fully saturated rings. The van der Waals surface area contributed by atoms with E-state index in [4.69, 9.17) is 0 Å². The molecule has 3 heterocycles. The van der Waals surface area contributed by atoms with Gasteiger partial charge in [-0.25, -0.2) is 4.90 Å². The van der Waals surface area contributed by atoms with E-state index in [1.54, 1.807) is 12.1 Å². The number of aromatic nitrogens is 1. The molecular weight excluding hydrogens is 380 g/mol. The van der Waals surface area contributed by atoms with E-state index in [2.05, 4.69) is 4.98 Å². The van der Waals surface area contributed by atoms with Gasteiger partial charge in [-0.3, -0.25) is 14.4 Å². The van der Waals surface area contributed by atoms with E-state index in [9.17, 15) is 14.4 Å². The number of thioether (sulfide) groups is 1. The van der Waals surface area contributed by atoms with Crippen molar-refractivity contribution in [3.05, 3.63) is 80.8 Å². The van der Waals surface area contributed by atoms with Gasteiger partial charge in [0.15, 0.2) is 0 Å². The van der Waals surface area contributed by atoms with E-state index in [0.717, 1.165) is 21.8 Å². The van der Waals surface area contributed by atoms with Gasteiger partial charge in [0.1, 0.15) is 5.25 Å². The minimum atomic E-state index is -0.541. The molecule has 0 radical (unpaired) electrons. The Balaban J connectivity index is 1.67. The average Bonchev–Trinajstić information content (AvgIpc) is 3.18. The Hall–Kier alpha value is -2.64. The number of hydrogen-bond acceptors (Lipinski definition) is 5. The van der Waals surface area contributed by atoms with Crippen LogP contribution >= 0.6 is 23.1 Å². The number of carbonyl (C=O) groups excluding carboxylic acids is 2. The summed E-state index contributed by atoms with van der Waals surface area (Å²) in [5.74, 6) is -1.26. The Morgan fingerprint density at radius 2 is 1.52 bits per heavy atom. The molecule has 1 aromatic heterocycles. The van der Waals surface area contributed by atoms with Crippen molar-refractivity contribution < 1.29 is 9.59 Å². The smallest absolute Gasteiger partial charge is 0.305 e. The van der Waals surface area contributed by atoms with Gasteiger partial charge in [0.2, 0.25) is 11.8 Å². The number of nitrogens with zero attached hydrogens (tertiary/aromatic N) is 1. The number of hydrogen-bond donors (Lipinski definition) is 1. The molecule has 2 amide bonds. The molecule has 3 atom stereocenters. The second kappa shape index (κ2) is 6.21. The van der Waals surface area contributed by atoms with Gasteiger partial charge in [-0.2, -0.15) is 0 Å². The molecule has 27 heavy (non-hydrogen) atoms. The van der Waals surface area contributed by atoms with Gasteiger partial charge in [0, 0.05) is 10.8 Å². The van der Waals surface area contributed by atoms with Gasteiger partial charge in [-0.15, -0.1) is 0 Å². The van der Waals surface area contributed by atoms with Crippen LogP contribution in [0.1, 0.15) is 16.4 Å². The first-order valence-electron chi connectivity index (χ1n) is 8.52. The molecule has 1 saturated heterocycles. The molecule has 0 aliphatic carbocycles. The van der Waals surface area contributed by atoms with Crippen molar-refractivity contribution in [2.45, 2.75) is 16.2 Å². The number of para-hydroxylation sites is 1. The first-order chi connectivity index (χ1) is 13.1. The maximum Gasteiger partial charge on any atom is 0.305 e. The first kappa shape index (κ1) is 16.5. The van der Waals surface area contributed by atoms with Crippen LogP contribution in [0.2, 0.25) is 0 Å². The summed E-state index contributed by atoms with van der Waals surface area (Å²) in [6.45, 7) is 0. The van der Waals surface area contributed by atoms with Gasteiger partial charge >= 0.3 is 4.87 Å². The molecule has 1 N–H and O–H groups in total. The van der Waals surface area contributed by atoms with Gasteiger partial charge in [-0.1, -0.05) is 71.6 Å². The number of fused-ring (bicyclic) bond motifs is 2. The van der Waals surface area contributed by atoms with E-state index < -0.39 is 11.2 Å². The zero-order valence-corrected chi connectivity index (χ0v) is 15.6. The Bertz CT molecular complexity index is 1090. The predicted molar refractivity (Wildman–Crippen MR) is 105 cm³/mol. The summed E-state index contributed by atoms with van der Waals surface area (Å²) in [5, 5.41) is 0.164. The molecule has 3 aromatic rings. The molecule has 2 aliphatic rings. The van der Waals surface area contributed by atoms with Crippen LogP contribution in [0.15, 0.2) is 70.5 Å². The van der Waals surface area contributed by atoms with E-state index in [1.807, 2.05) is 48.5 Å². The summed E-state index contributed by atoms with van der Waals surface area (Å²) in [5.41, 5.74) is 1.53. The fraction of sp³-hybridized carbons (Fsp3) is 0.150. The van der Waals surface area contributed by atoms with Crippen molar-refractivity contribution in [3.63, 3.8) is 0 Å². The van der Waals surface area contributed by atoms with E-state index in [-0.39, 0.29) is 22.6 Å². The molecular formula is C20H14N2O3S2. The van der Waals surface area contributed by atoms with Crippen LogP contribution in [-0.2, 0) is 9.59 Å². The molecule has 0 bridgehead atoms. The highest BCUT2D eigenvalue weighted by atomic mass is 32.2. The summed E-state index contributed by atoms with van der Waals surface area (Å²) in [7, 11) is 0. The second-order valence-corrected chi connectivity index (χ2v) is 8.67. The van der Waals surface area contributed by atoms with Crippen molar-refractivity contribution in [2.75, 3.05) is 4.90 Å². The lowest BCUT2D eigenvalue weighted by molar-refractivity contribution is -0.122. The van der Waals surface area contributed by atoms with Crippen molar-refractivity contribution in [1.82, 2.24) is 4.98 Å². The van der Waals surface area contributed by atoms with Crippen molar-refractivity contribution in [2.24, 2.45) is 5.92 Å². The Morgan fingerprint density at radius 1 is 0.852 bits per heavy atom. The molecule has 2 aromatic carbocycles. The number of amides is 2. The molecule has 7 heteroatoms. The standard InChI is InChI=1S/C20H14N2O3S2/c23-18-14-13(11-7-3-1-4-8-11)15-17(21-20(25)27-15)26-16(14)19(24)22(18)12-9-5-2-6-10-12/h1-10,13-14,16H,(H,21,25)/t13-,14?,16?/m1/s1. The van der Waals surface area contributed by atoms with Crippen LogP contribution in [0.25, 0.3) is 0 Å². The van der Waals surface area contributed by atoms with Crippen molar-refractivity contribution in [3.8, 4) is 0 Å². The number of rotatable bonds is 2. The minimum absolute atomic E-state index is 0.159. The fourth-order valence-electron chi connectivity index (χ4n) is 3.87. The Kier molecular flexibility index (Phi) is 3.80. The highest BCUT2D eigenvalue weighted by Gasteiger charge is 2.56. The molecule has 134 valence electrons.